The fourth-order valence-electron chi connectivity index (χ4n) is 1.71. The molecule has 0 amide bonds. The lowest BCUT2D eigenvalue weighted by atomic mass is 10.1. The van der Waals surface area contributed by atoms with Gasteiger partial charge in [0.25, 0.3) is 0 Å². The van der Waals surface area contributed by atoms with E-state index in [2.05, 4.69) is 35.3 Å². The Balaban J connectivity index is 0.00000144. The van der Waals surface area contributed by atoms with Gasteiger partial charge < -0.3 is 5.73 Å². The van der Waals surface area contributed by atoms with Gasteiger partial charge in [-0.25, -0.2) is 0 Å². The van der Waals surface area contributed by atoms with Crippen LogP contribution in [0.4, 0.5) is 0 Å². The number of aromatic nitrogens is 1. The van der Waals surface area contributed by atoms with Crippen molar-refractivity contribution >= 4 is 12.4 Å². The Morgan fingerprint density at radius 2 is 1.76 bits per heavy atom. The molecule has 0 aliphatic rings. The maximum absolute atomic E-state index is 5.50. The number of rotatable bonds is 4. The Hall–Kier alpha value is -1.38. The monoisotopic (exact) mass is 248 g/mol. The number of hydrogen-bond donors (Lipinski definition) is 1. The van der Waals surface area contributed by atoms with Gasteiger partial charge in [-0.05, 0) is 42.6 Å². The molecule has 0 spiro atoms. The van der Waals surface area contributed by atoms with Gasteiger partial charge in [0, 0.05) is 11.9 Å². The lowest BCUT2D eigenvalue weighted by Crippen LogP contribution is -2.01. The summed E-state index contributed by atoms with van der Waals surface area (Å²) in [5.41, 5.74) is 9.07. The van der Waals surface area contributed by atoms with Gasteiger partial charge in [-0.15, -0.1) is 12.4 Å². The number of nitrogens with two attached hydrogens (primary N) is 1. The predicted molar refractivity (Wildman–Crippen MR) is 74.3 cm³/mol. The minimum Gasteiger partial charge on any atom is -0.330 e. The number of pyridine rings is 1. The van der Waals surface area contributed by atoms with E-state index in [0.717, 1.165) is 25.1 Å². The van der Waals surface area contributed by atoms with Crippen molar-refractivity contribution in [3.63, 3.8) is 0 Å². The van der Waals surface area contributed by atoms with Crippen LogP contribution < -0.4 is 5.73 Å². The first-order valence-corrected chi connectivity index (χ1v) is 5.60. The molecule has 1 aromatic carbocycles. The number of nitrogens with zero attached hydrogens (tertiary/aromatic N) is 1. The molecule has 0 unspecified atom stereocenters. The van der Waals surface area contributed by atoms with E-state index in [4.69, 9.17) is 5.73 Å². The highest BCUT2D eigenvalue weighted by atomic mass is 35.5. The van der Waals surface area contributed by atoms with Crippen molar-refractivity contribution < 1.29 is 0 Å². The number of benzene rings is 1. The molecule has 0 aliphatic heterocycles. The standard InChI is InChI=1S/C14H16N2.ClH/c15-9-4-7-14-11-13(8-10-16-14)12-5-2-1-3-6-12;/h1-3,5-6,8,10-11H,4,7,9,15H2;1H. The van der Waals surface area contributed by atoms with E-state index in [-0.39, 0.29) is 12.4 Å². The van der Waals surface area contributed by atoms with E-state index in [1.807, 2.05) is 18.3 Å². The van der Waals surface area contributed by atoms with Crippen molar-refractivity contribution in [2.45, 2.75) is 12.8 Å². The van der Waals surface area contributed by atoms with Gasteiger partial charge >= 0.3 is 0 Å². The lowest BCUT2D eigenvalue weighted by Gasteiger charge is -2.04. The fourth-order valence-corrected chi connectivity index (χ4v) is 1.71. The molecule has 2 nitrogen and oxygen atoms in total. The third kappa shape index (κ3) is 3.84. The Labute approximate surface area is 108 Å². The van der Waals surface area contributed by atoms with Crippen LogP contribution in [0, 0.1) is 0 Å². The van der Waals surface area contributed by atoms with E-state index in [9.17, 15) is 0 Å². The van der Waals surface area contributed by atoms with Crippen molar-refractivity contribution in [3.05, 3.63) is 54.4 Å². The Kier molecular flexibility index (Phi) is 5.67. The summed E-state index contributed by atoms with van der Waals surface area (Å²) in [4.78, 5) is 4.35. The summed E-state index contributed by atoms with van der Waals surface area (Å²) in [7, 11) is 0. The van der Waals surface area contributed by atoms with Crippen LogP contribution in [0.5, 0.6) is 0 Å². The van der Waals surface area contributed by atoms with Crippen molar-refractivity contribution in [2.24, 2.45) is 5.73 Å². The number of hydrogen-bond acceptors (Lipinski definition) is 2. The summed E-state index contributed by atoms with van der Waals surface area (Å²) in [6.45, 7) is 0.719. The second-order valence-corrected chi connectivity index (χ2v) is 3.79. The molecule has 2 rings (SSSR count). The first kappa shape index (κ1) is 13.7. The van der Waals surface area contributed by atoms with Crippen LogP contribution in [-0.4, -0.2) is 11.5 Å². The van der Waals surface area contributed by atoms with Crippen molar-refractivity contribution in [1.82, 2.24) is 4.98 Å². The largest absolute Gasteiger partial charge is 0.330 e. The summed E-state index contributed by atoms with van der Waals surface area (Å²) in [5.74, 6) is 0. The topological polar surface area (TPSA) is 38.9 Å². The highest BCUT2D eigenvalue weighted by Crippen LogP contribution is 2.19. The van der Waals surface area contributed by atoms with Gasteiger partial charge in [0.2, 0.25) is 0 Å². The molecule has 0 aliphatic carbocycles. The third-order valence-corrected chi connectivity index (χ3v) is 2.56. The zero-order valence-electron chi connectivity index (χ0n) is 9.67. The number of halogens is 1. The first-order valence-electron chi connectivity index (χ1n) is 5.60. The molecule has 2 aromatic rings. The molecule has 1 aromatic heterocycles. The molecule has 0 fully saturated rings. The molecule has 0 bridgehead atoms. The predicted octanol–water partition coefficient (Wildman–Crippen LogP) is 3.06. The van der Waals surface area contributed by atoms with Gasteiger partial charge in [0.15, 0.2) is 0 Å². The van der Waals surface area contributed by atoms with Gasteiger partial charge in [0.1, 0.15) is 0 Å². The summed E-state index contributed by atoms with van der Waals surface area (Å²) in [5, 5.41) is 0. The molecule has 17 heavy (non-hydrogen) atoms. The average Bonchev–Trinajstić information content (AvgIpc) is 2.38. The zero-order valence-corrected chi connectivity index (χ0v) is 10.5. The van der Waals surface area contributed by atoms with E-state index >= 15 is 0 Å². The second-order valence-electron chi connectivity index (χ2n) is 3.79. The normalized spacial score (nSPS) is 9.71. The lowest BCUT2D eigenvalue weighted by molar-refractivity contribution is 0.811. The Bertz CT molecular complexity index is 443. The van der Waals surface area contributed by atoms with Crippen LogP contribution in [0.1, 0.15) is 12.1 Å². The highest BCUT2D eigenvalue weighted by Gasteiger charge is 1.99. The molecule has 0 saturated heterocycles. The zero-order chi connectivity index (χ0) is 11.2. The van der Waals surface area contributed by atoms with Gasteiger partial charge in [0.05, 0.1) is 0 Å². The van der Waals surface area contributed by atoms with Gasteiger partial charge in [-0.2, -0.15) is 0 Å². The summed E-state index contributed by atoms with van der Waals surface area (Å²) in [6.07, 6.45) is 3.82. The van der Waals surface area contributed by atoms with Crippen LogP contribution in [-0.2, 0) is 6.42 Å². The third-order valence-electron chi connectivity index (χ3n) is 2.56. The molecule has 0 saturated carbocycles. The maximum Gasteiger partial charge on any atom is 0.0410 e. The maximum atomic E-state index is 5.50. The second kappa shape index (κ2) is 7.05. The molecule has 0 atom stereocenters. The van der Waals surface area contributed by atoms with Gasteiger partial charge in [-0.3, -0.25) is 4.98 Å². The minimum atomic E-state index is 0. The molecule has 0 radical (unpaired) electrons. The van der Waals surface area contributed by atoms with Crippen LogP contribution >= 0.6 is 12.4 Å². The Morgan fingerprint density at radius 1 is 1.00 bits per heavy atom. The molecule has 1 heterocycles. The first-order chi connectivity index (χ1) is 7.90. The molecule has 2 N–H and O–H groups in total. The van der Waals surface area contributed by atoms with E-state index in [0.29, 0.717) is 0 Å². The van der Waals surface area contributed by atoms with Gasteiger partial charge in [-0.1, -0.05) is 30.3 Å². The molecular weight excluding hydrogens is 232 g/mol. The quantitative estimate of drug-likeness (QED) is 0.903. The van der Waals surface area contributed by atoms with Crippen LogP contribution in [0.25, 0.3) is 11.1 Å². The van der Waals surface area contributed by atoms with Crippen molar-refractivity contribution in [3.8, 4) is 11.1 Å². The van der Waals surface area contributed by atoms with Crippen LogP contribution in [0.15, 0.2) is 48.7 Å². The highest BCUT2D eigenvalue weighted by molar-refractivity contribution is 5.85. The molecular formula is C14H17ClN2. The van der Waals surface area contributed by atoms with Crippen molar-refractivity contribution in [2.75, 3.05) is 6.54 Å². The van der Waals surface area contributed by atoms with Crippen LogP contribution in [0.3, 0.4) is 0 Å². The fraction of sp³-hybridized carbons (Fsp3) is 0.214. The van der Waals surface area contributed by atoms with E-state index < -0.39 is 0 Å². The summed E-state index contributed by atoms with van der Waals surface area (Å²) in [6, 6.07) is 14.5. The summed E-state index contributed by atoms with van der Waals surface area (Å²) < 4.78 is 0. The molecule has 90 valence electrons. The molecule has 3 heteroatoms. The smallest absolute Gasteiger partial charge is 0.0410 e. The number of aryl methyl sites for hydroxylation is 1. The SMILES string of the molecule is Cl.NCCCc1cc(-c2ccccc2)ccn1. The van der Waals surface area contributed by atoms with E-state index in [1.165, 1.54) is 11.1 Å². The Morgan fingerprint density at radius 3 is 2.47 bits per heavy atom. The van der Waals surface area contributed by atoms with Crippen LogP contribution in [0.2, 0.25) is 0 Å². The van der Waals surface area contributed by atoms with E-state index in [1.54, 1.807) is 0 Å². The summed E-state index contributed by atoms with van der Waals surface area (Å²) >= 11 is 0. The average molecular weight is 249 g/mol. The minimum absolute atomic E-state index is 0. The van der Waals surface area contributed by atoms with Crippen molar-refractivity contribution in [1.29, 1.82) is 0 Å².